The number of aliphatic hydroxyl groups is 2. The Labute approximate surface area is 358 Å². The second-order valence-corrected chi connectivity index (χ2v) is 19.0. The third-order valence-electron chi connectivity index (χ3n) is 10.8. The molecule has 0 aliphatic heterocycles. The van der Waals surface area contributed by atoms with Crippen LogP contribution in [0.5, 0.6) is 0 Å². The number of quaternary nitrogens is 1. The molecule has 6 atom stereocenters. The van der Waals surface area contributed by atoms with Gasteiger partial charge in [-0.05, 0) is 51.4 Å². The van der Waals surface area contributed by atoms with Gasteiger partial charge in [-0.15, -0.1) is 0 Å². The standard InChI is InChI=1S/C46H84NO11P/c1-6-8-10-11-12-13-14-15-16-17-18-19-20-21-26-30-45(51)55-37-40(38-57-59(53,54)56-35-34-47(3,4)5)58-46(52)31-27-23-22-25-29-41-42(44(50)36-43(41)49)33-32-39(48)28-24-9-7-2/h15-16,32-33,39-42,44,48,50H,6-14,17-31,34-38H2,1-5H3/b16-15-,33-32+/t39-,40+,41+,42+,44+/m0/s1. The number of ketones is 1. The van der Waals surface area contributed by atoms with E-state index in [1.54, 1.807) is 6.08 Å². The lowest BCUT2D eigenvalue weighted by molar-refractivity contribution is -0.870. The van der Waals surface area contributed by atoms with Crippen LogP contribution in [0.1, 0.15) is 174 Å². The fraction of sp³-hybridized carbons (Fsp3) is 0.848. The van der Waals surface area contributed by atoms with Crippen LogP contribution in [0.15, 0.2) is 24.3 Å². The maximum absolute atomic E-state index is 12.8. The predicted molar refractivity (Wildman–Crippen MR) is 232 cm³/mol. The van der Waals surface area contributed by atoms with Crippen LogP contribution in [0, 0.1) is 11.8 Å². The molecule has 1 rings (SSSR count). The zero-order valence-corrected chi connectivity index (χ0v) is 38.6. The Morgan fingerprint density at radius 1 is 0.797 bits per heavy atom. The van der Waals surface area contributed by atoms with Gasteiger partial charge >= 0.3 is 11.9 Å². The molecule has 0 aromatic heterocycles. The number of allylic oxidation sites excluding steroid dienone is 2. The average molecular weight is 858 g/mol. The summed E-state index contributed by atoms with van der Waals surface area (Å²) < 4.78 is 33.9. The highest BCUT2D eigenvalue weighted by atomic mass is 31.2. The Hall–Kier alpha value is -1.92. The van der Waals surface area contributed by atoms with Crippen LogP contribution in [0.2, 0.25) is 0 Å². The Balaban J connectivity index is 2.47. The van der Waals surface area contributed by atoms with Gasteiger partial charge < -0.3 is 38.1 Å². The highest BCUT2D eigenvalue weighted by Gasteiger charge is 2.39. The summed E-state index contributed by atoms with van der Waals surface area (Å²) in [5, 5.41) is 20.8. The second-order valence-electron chi connectivity index (χ2n) is 17.5. The molecule has 0 heterocycles. The molecule has 1 aliphatic carbocycles. The van der Waals surface area contributed by atoms with Crippen LogP contribution in [0.25, 0.3) is 0 Å². The number of Topliss-reactive ketones (excluding diaryl/α,β-unsaturated/α-hetero) is 1. The summed E-state index contributed by atoms with van der Waals surface area (Å²) in [6.07, 6.45) is 28.1. The maximum atomic E-state index is 12.8. The van der Waals surface area contributed by atoms with Crippen LogP contribution in [0.4, 0.5) is 0 Å². The van der Waals surface area contributed by atoms with E-state index >= 15 is 0 Å². The number of hydrogen-bond acceptors (Lipinski definition) is 11. The number of unbranched alkanes of at least 4 members (excludes halogenated alkanes) is 16. The number of carbonyl (C=O) groups excluding carboxylic acids is 3. The highest BCUT2D eigenvalue weighted by molar-refractivity contribution is 7.45. The van der Waals surface area contributed by atoms with E-state index in [0.29, 0.717) is 43.1 Å². The smallest absolute Gasteiger partial charge is 0.306 e. The van der Waals surface area contributed by atoms with Gasteiger partial charge in [-0.2, -0.15) is 0 Å². The maximum Gasteiger partial charge on any atom is 0.306 e. The summed E-state index contributed by atoms with van der Waals surface area (Å²) in [7, 11) is 1.02. The van der Waals surface area contributed by atoms with Crippen molar-refractivity contribution in [3.05, 3.63) is 24.3 Å². The van der Waals surface area contributed by atoms with E-state index in [-0.39, 0.29) is 50.1 Å². The number of phosphoric acid groups is 1. The van der Waals surface area contributed by atoms with Gasteiger partial charge in [0.25, 0.3) is 7.82 Å². The summed E-state index contributed by atoms with van der Waals surface area (Å²) in [5.41, 5.74) is 0. The fourth-order valence-electron chi connectivity index (χ4n) is 7.13. The van der Waals surface area contributed by atoms with E-state index < -0.39 is 44.7 Å². The second kappa shape index (κ2) is 33.7. The van der Waals surface area contributed by atoms with Crippen molar-refractivity contribution in [3.63, 3.8) is 0 Å². The van der Waals surface area contributed by atoms with E-state index in [4.69, 9.17) is 18.5 Å². The van der Waals surface area contributed by atoms with Crippen LogP contribution in [0.3, 0.4) is 0 Å². The number of likely N-dealkylation sites (N-methyl/N-ethyl adjacent to an activating group) is 1. The van der Waals surface area contributed by atoms with Crippen molar-refractivity contribution in [2.24, 2.45) is 11.8 Å². The van der Waals surface area contributed by atoms with Crippen molar-refractivity contribution in [1.82, 2.24) is 0 Å². The number of phosphoric ester groups is 1. The quantitative estimate of drug-likeness (QED) is 0.0200. The topological polar surface area (TPSA) is 169 Å². The largest absolute Gasteiger partial charge is 0.756 e. The lowest BCUT2D eigenvalue weighted by Gasteiger charge is -2.28. The highest BCUT2D eigenvalue weighted by Crippen LogP contribution is 2.38. The van der Waals surface area contributed by atoms with E-state index in [2.05, 4.69) is 26.0 Å². The van der Waals surface area contributed by atoms with Crippen molar-refractivity contribution in [1.29, 1.82) is 0 Å². The summed E-state index contributed by atoms with van der Waals surface area (Å²) in [6.45, 7) is 3.83. The zero-order valence-electron chi connectivity index (χ0n) is 37.7. The molecule has 0 amide bonds. The summed E-state index contributed by atoms with van der Waals surface area (Å²) in [5.74, 6) is -1.55. The molecule has 0 saturated heterocycles. The Bertz CT molecular complexity index is 1220. The Kier molecular flexibility index (Phi) is 31.4. The van der Waals surface area contributed by atoms with Gasteiger partial charge in [0.15, 0.2) is 6.10 Å². The van der Waals surface area contributed by atoms with Crippen LogP contribution < -0.4 is 4.89 Å². The van der Waals surface area contributed by atoms with E-state index in [0.717, 1.165) is 70.6 Å². The van der Waals surface area contributed by atoms with Crippen LogP contribution in [-0.2, 0) is 37.5 Å². The Morgan fingerprint density at radius 3 is 1.98 bits per heavy atom. The van der Waals surface area contributed by atoms with E-state index in [1.807, 2.05) is 27.2 Å². The minimum atomic E-state index is -4.69. The minimum absolute atomic E-state index is 0.0410. The number of aliphatic hydroxyl groups excluding tert-OH is 2. The molecule has 1 fully saturated rings. The third kappa shape index (κ3) is 30.7. The van der Waals surface area contributed by atoms with Gasteiger partial charge in [0.1, 0.15) is 25.5 Å². The van der Waals surface area contributed by atoms with Crippen LogP contribution >= 0.6 is 7.82 Å². The average Bonchev–Trinajstić information content (AvgIpc) is 3.44. The number of carbonyl (C=O) groups is 3. The lowest BCUT2D eigenvalue weighted by Crippen LogP contribution is -2.37. The molecule has 0 aromatic carbocycles. The molecule has 0 radical (unpaired) electrons. The predicted octanol–water partition coefficient (Wildman–Crippen LogP) is 9.09. The molecule has 0 spiro atoms. The van der Waals surface area contributed by atoms with Gasteiger partial charge in [0, 0.05) is 31.1 Å². The summed E-state index contributed by atoms with van der Waals surface area (Å²) >= 11 is 0. The van der Waals surface area contributed by atoms with Crippen molar-refractivity contribution < 1.29 is 57.1 Å². The van der Waals surface area contributed by atoms with Gasteiger partial charge in [-0.3, -0.25) is 18.9 Å². The molecule has 2 N–H and O–H groups in total. The lowest BCUT2D eigenvalue weighted by atomic mass is 9.88. The first kappa shape index (κ1) is 55.1. The number of ether oxygens (including phenoxy) is 2. The van der Waals surface area contributed by atoms with Crippen molar-refractivity contribution >= 4 is 25.5 Å². The van der Waals surface area contributed by atoms with E-state index in [1.165, 1.54) is 38.5 Å². The normalized spacial score (nSPS) is 19.4. The van der Waals surface area contributed by atoms with Gasteiger partial charge in [0.05, 0.1) is 40.0 Å². The summed E-state index contributed by atoms with van der Waals surface area (Å²) in [6, 6.07) is 0. The van der Waals surface area contributed by atoms with Crippen molar-refractivity contribution in [2.45, 2.75) is 193 Å². The SMILES string of the molecule is CCCCCCCC/C=C\CCCCCCCC(=O)OC[C@H](COP(=O)([O-])OCC[N+](C)(C)C)OC(=O)CCCCCC[C@H]1C(=O)C[C@@H](O)[C@@H]1/C=C/[C@@H](O)CCCCC. The van der Waals surface area contributed by atoms with Gasteiger partial charge in [-0.1, -0.05) is 128 Å². The fourth-order valence-corrected chi connectivity index (χ4v) is 7.86. The van der Waals surface area contributed by atoms with Crippen LogP contribution in [-0.4, -0.2) is 98.2 Å². The number of nitrogens with zero attached hydrogens (tertiary/aromatic N) is 1. The molecule has 1 saturated carbocycles. The molecular formula is C46H84NO11P. The van der Waals surface area contributed by atoms with Gasteiger partial charge in [0.2, 0.25) is 0 Å². The molecule has 1 aliphatic rings. The molecule has 59 heavy (non-hydrogen) atoms. The number of esters is 2. The third-order valence-corrected chi connectivity index (χ3v) is 11.8. The molecule has 0 bridgehead atoms. The molecule has 12 nitrogen and oxygen atoms in total. The van der Waals surface area contributed by atoms with Crippen molar-refractivity contribution in [3.8, 4) is 0 Å². The molecule has 0 aromatic rings. The Morgan fingerprint density at radius 2 is 1.36 bits per heavy atom. The number of rotatable bonds is 38. The molecule has 344 valence electrons. The molecule has 13 heteroatoms. The monoisotopic (exact) mass is 858 g/mol. The zero-order chi connectivity index (χ0) is 43.8. The first-order valence-corrected chi connectivity index (χ1v) is 24.6. The molecule has 1 unspecified atom stereocenters. The first-order valence-electron chi connectivity index (χ1n) is 23.1. The minimum Gasteiger partial charge on any atom is -0.756 e. The summed E-state index contributed by atoms with van der Waals surface area (Å²) in [4.78, 5) is 50.4. The van der Waals surface area contributed by atoms with Crippen molar-refractivity contribution in [2.75, 3.05) is 47.5 Å². The van der Waals surface area contributed by atoms with E-state index in [9.17, 15) is 34.1 Å². The number of hydrogen-bond donors (Lipinski definition) is 2. The molecular weight excluding hydrogens is 773 g/mol. The van der Waals surface area contributed by atoms with Gasteiger partial charge in [-0.25, -0.2) is 0 Å². The first-order chi connectivity index (χ1) is 28.2.